The Balaban J connectivity index is 2.82. The molecule has 0 aromatic rings. The second kappa shape index (κ2) is 13.7. The molecule has 0 spiro atoms. The van der Waals surface area contributed by atoms with E-state index in [-0.39, 0.29) is 30.8 Å². The first kappa shape index (κ1) is 23.2. The molecule has 1 aliphatic carbocycles. The van der Waals surface area contributed by atoms with Crippen LogP contribution in [0.4, 0.5) is 8.78 Å². The van der Waals surface area contributed by atoms with Gasteiger partial charge in [-0.3, -0.25) is 9.59 Å². The molecular weight excluding hydrogens is 420 g/mol. The molecule has 1 fully saturated rings. The van der Waals surface area contributed by atoms with Gasteiger partial charge in [0.25, 0.3) is 0 Å². The lowest BCUT2D eigenvalue weighted by Gasteiger charge is -2.23. The Kier molecular flexibility index (Phi) is 11.0. The number of rotatable bonds is 17. The molecule has 168 valence electrons. The topological polar surface area (TPSA) is 72.8 Å². The quantitative estimate of drug-likeness (QED) is 0.181. The van der Waals surface area contributed by atoms with E-state index in [0.29, 0.717) is 25.7 Å². The largest absolute Gasteiger partial charge is 0.481 e. The Morgan fingerprint density at radius 1 is 1.17 bits per heavy atom. The summed E-state index contributed by atoms with van der Waals surface area (Å²) in [6, 6.07) is 0. The number of carboxylic acid groups (broad SMARTS) is 1. The monoisotopic (exact) mass is 458 g/mol. The fraction of sp³-hybridized carbons (Fsp3) is 0.800. The van der Waals surface area contributed by atoms with Crippen molar-refractivity contribution in [3.8, 4) is 0 Å². The number of unbranched alkanes of at least 4 members (excludes halogenated alkanes) is 4. The molecule has 0 bridgehead atoms. The highest BCUT2D eigenvalue weighted by atomic mass is 31.0. The number of carbonyl (C=O) groups is 2. The van der Waals surface area contributed by atoms with Crippen LogP contribution in [-0.4, -0.2) is 37.5 Å². The molecule has 0 aliphatic heterocycles. The first-order valence-corrected chi connectivity index (χ1v) is 11.1. The van der Waals surface area contributed by atoms with Gasteiger partial charge in [-0.25, -0.2) is 0 Å². The molecule has 0 amide bonds. The number of carboxylic acids is 1. The number of hydrogen-bond acceptors (Lipinski definition) is 4. The van der Waals surface area contributed by atoms with Gasteiger partial charge >= 0.3 is 11.9 Å². The van der Waals surface area contributed by atoms with Gasteiger partial charge in [0.2, 0.25) is 5.78 Å². The third kappa shape index (κ3) is 9.04. The van der Waals surface area contributed by atoms with Crippen LogP contribution in [0.25, 0.3) is 0 Å². The van der Waals surface area contributed by atoms with Gasteiger partial charge in [-0.15, -0.1) is 0 Å². The van der Waals surface area contributed by atoms with E-state index in [2.05, 4.69) is 0 Å². The number of alkyl halides is 2. The molecular formula is C20H34F2O5P2. The molecule has 0 heterocycles. The van der Waals surface area contributed by atoms with Crippen molar-refractivity contribution in [2.24, 2.45) is 11.8 Å². The number of allylic oxidation sites excluding steroid dienone is 1. The van der Waals surface area contributed by atoms with Gasteiger partial charge in [0.05, 0.1) is 14.8 Å². The fourth-order valence-electron chi connectivity index (χ4n) is 3.84. The molecule has 6 atom stereocenters. The van der Waals surface area contributed by atoms with Gasteiger partial charge in [0.1, 0.15) is 0 Å². The maximum Gasteiger partial charge on any atom is 0.309 e. The minimum atomic E-state index is -3.39. The van der Waals surface area contributed by atoms with Crippen molar-refractivity contribution in [2.45, 2.75) is 89.3 Å². The van der Waals surface area contributed by atoms with Crippen LogP contribution < -0.4 is 0 Å². The summed E-state index contributed by atoms with van der Waals surface area (Å²) in [5.41, 5.74) is 0. The van der Waals surface area contributed by atoms with Crippen molar-refractivity contribution in [2.75, 3.05) is 0 Å². The predicted molar refractivity (Wildman–Crippen MR) is 115 cm³/mol. The van der Waals surface area contributed by atoms with E-state index in [9.17, 15) is 18.4 Å². The van der Waals surface area contributed by atoms with E-state index in [4.69, 9.17) is 16.7 Å². The highest BCUT2D eigenvalue weighted by molar-refractivity contribution is 7.10. The maximum absolute atomic E-state index is 14.0. The summed E-state index contributed by atoms with van der Waals surface area (Å²) in [7, 11) is -1.00. The van der Waals surface area contributed by atoms with Crippen LogP contribution in [-0.2, 0) is 18.6 Å². The normalized spacial score (nSPS) is 26.7. The Labute approximate surface area is 179 Å². The number of aliphatic carboxylic acids is 1. The zero-order valence-electron chi connectivity index (χ0n) is 18.9. The summed E-state index contributed by atoms with van der Waals surface area (Å²) < 4.78 is 54.0. The van der Waals surface area contributed by atoms with Gasteiger partial charge in [-0.2, -0.15) is 8.78 Å². The molecule has 5 nitrogen and oxygen atoms in total. The molecule has 1 aliphatic rings. The van der Waals surface area contributed by atoms with E-state index in [1.54, 1.807) is 6.92 Å². The molecule has 1 saturated carbocycles. The van der Waals surface area contributed by atoms with Crippen LogP contribution in [0.5, 0.6) is 0 Å². The summed E-state index contributed by atoms with van der Waals surface area (Å²) >= 11 is 0. The minimum absolute atomic E-state index is 0.105. The predicted octanol–water partition coefficient (Wildman–Crippen LogP) is 5.35. The van der Waals surface area contributed by atoms with Crippen LogP contribution in [0.15, 0.2) is 12.2 Å². The Bertz CT molecular complexity index is 584. The van der Waals surface area contributed by atoms with Crippen molar-refractivity contribution in [1.29, 1.82) is 2.56 Å². The second-order valence-electron chi connectivity index (χ2n) is 7.67. The van der Waals surface area contributed by atoms with E-state index >= 15 is 0 Å². The van der Waals surface area contributed by atoms with Crippen molar-refractivity contribution < 1.29 is 32.5 Å². The summed E-state index contributed by atoms with van der Waals surface area (Å²) in [5.74, 6) is -5.87. The summed E-state index contributed by atoms with van der Waals surface area (Å²) in [6.07, 6.45) is 6.40. The number of ketones is 1. The third-order valence-corrected chi connectivity index (χ3v) is 6.13. The maximum atomic E-state index is 14.0. The van der Waals surface area contributed by atoms with Crippen LogP contribution in [0.2, 0.25) is 0 Å². The second-order valence-corrected chi connectivity index (χ2v) is 8.14. The number of halogens is 2. The Hall–Kier alpha value is -0.480. The third-order valence-electron chi connectivity index (χ3n) is 5.52. The zero-order valence-corrected chi connectivity index (χ0v) is 18.9. The molecule has 0 aromatic heterocycles. The lowest BCUT2D eigenvalue weighted by molar-refractivity contribution is -0.138. The summed E-state index contributed by atoms with van der Waals surface area (Å²) in [5, 5.41) is 8.71. The van der Waals surface area contributed by atoms with E-state index in [0.717, 1.165) is 25.3 Å². The molecule has 0 radical (unpaired) electrons. The van der Waals surface area contributed by atoms with Crippen LogP contribution in [0, 0.1) is 11.8 Å². The molecule has 1 N–H and O–H groups in total. The standard InChI is InChI=1S/C20H34F2O5P2/c1-2-3-12-20(21,22)18(23)11-10-15-14(16(26-28)13-17(15)27-29)8-6-4-5-7-9-19(24)25/h10-11,14-17H,2-9,12-13,28-29H2,1H3,(H,24,25)/b11-10+/t14?,15-,16+,17-/m1/s1/i28T,29T/t14?,15-,16+,17-,28?,29?. The highest BCUT2D eigenvalue weighted by Gasteiger charge is 2.43. The molecule has 0 saturated heterocycles. The van der Waals surface area contributed by atoms with Crippen molar-refractivity contribution >= 4 is 30.6 Å². The van der Waals surface area contributed by atoms with Gasteiger partial charge in [0.15, 0.2) is 0 Å². The number of carbonyl (C=O) groups excluding carboxylic acids is 1. The van der Waals surface area contributed by atoms with Crippen molar-refractivity contribution in [3.05, 3.63) is 12.2 Å². The zero-order chi connectivity index (χ0) is 23.3. The van der Waals surface area contributed by atoms with E-state index in [1.807, 2.05) is 0 Å². The molecule has 3 unspecified atom stereocenters. The Morgan fingerprint density at radius 2 is 1.86 bits per heavy atom. The lowest BCUT2D eigenvalue weighted by Crippen LogP contribution is -2.27. The average Bonchev–Trinajstić information content (AvgIpc) is 3.03. The number of hydrogen-bond donors (Lipinski definition) is 1. The summed E-state index contributed by atoms with van der Waals surface area (Å²) in [4.78, 5) is 22.7. The highest BCUT2D eigenvalue weighted by Crippen LogP contribution is 2.42. The van der Waals surface area contributed by atoms with Crippen LogP contribution in [0.3, 0.4) is 0 Å². The average molecular weight is 458 g/mol. The molecule has 9 heteroatoms. The van der Waals surface area contributed by atoms with Gasteiger partial charge in [-0.05, 0) is 31.3 Å². The SMILES string of the molecule is [3H]PO[C@H]1C[C@@H](OP[3H])[C@H](/C=C/C(=O)C(F)(F)CCCC)C1CCCCCCC(=O)O. The van der Waals surface area contributed by atoms with Gasteiger partial charge in [-0.1, -0.05) is 38.7 Å². The van der Waals surface area contributed by atoms with Gasteiger partial charge in [0, 0.05) is 44.0 Å². The van der Waals surface area contributed by atoms with Crippen LogP contribution >= 0.6 is 18.8 Å². The molecule has 29 heavy (non-hydrogen) atoms. The summed E-state index contributed by atoms with van der Waals surface area (Å²) in [6.45, 7) is 1.79. The fourth-order valence-corrected chi connectivity index (χ4v) is 4.37. The van der Waals surface area contributed by atoms with E-state index in [1.165, 1.54) is 6.08 Å². The lowest BCUT2D eigenvalue weighted by atomic mass is 9.87. The van der Waals surface area contributed by atoms with Crippen molar-refractivity contribution in [3.63, 3.8) is 0 Å². The van der Waals surface area contributed by atoms with Crippen LogP contribution in [0.1, 0.15) is 71.1 Å². The smallest absolute Gasteiger partial charge is 0.309 e. The Morgan fingerprint density at radius 3 is 2.52 bits per heavy atom. The van der Waals surface area contributed by atoms with E-state index < -0.39 is 49.0 Å². The molecule has 1 rings (SSSR count). The minimum Gasteiger partial charge on any atom is -0.481 e. The molecule has 0 aromatic carbocycles. The van der Waals surface area contributed by atoms with Crippen molar-refractivity contribution in [1.82, 2.24) is 0 Å². The first-order valence-electron chi connectivity index (χ1n) is 11.2. The van der Waals surface area contributed by atoms with Gasteiger partial charge < -0.3 is 14.2 Å². The first-order chi connectivity index (χ1) is 14.8.